The third-order valence-electron chi connectivity index (χ3n) is 7.26. The third kappa shape index (κ3) is 5.72. The van der Waals surface area contributed by atoms with Crippen molar-refractivity contribution in [3.63, 3.8) is 0 Å². The molecule has 0 bridgehead atoms. The monoisotopic (exact) mass is 654 g/mol. The van der Waals surface area contributed by atoms with E-state index in [0.717, 1.165) is 30.3 Å². The van der Waals surface area contributed by atoms with Crippen molar-refractivity contribution in [2.45, 2.75) is 61.4 Å². The number of phenols is 3. The first-order valence-corrected chi connectivity index (χ1v) is 13.1. The quantitative estimate of drug-likeness (QED) is 0.114. The van der Waals surface area contributed by atoms with Crippen molar-refractivity contribution in [1.29, 1.82) is 0 Å². The van der Waals surface area contributed by atoms with E-state index in [1.807, 2.05) is 0 Å². The summed E-state index contributed by atoms with van der Waals surface area (Å²) >= 11 is 0. The Morgan fingerprint density at radius 2 is 1.20 bits per heavy atom. The lowest BCUT2D eigenvalue weighted by atomic mass is 9.99. The predicted molar refractivity (Wildman–Crippen MR) is 143 cm³/mol. The van der Waals surface area contributed by atoms with E-state index in [9.17, 15) is 70.6 Å². The van der Waals surface area contributed by atoms with Gasteiger partial charge in [0.2, 0.25) is 23.8 Å². The fraction of sp³-hybridized carbons (Fsp3) is 0.370. The van der Waals surface area contributed by atoms with Crippen molar-refractivity contribution in [3.8, 4) is 40.1 Å². The van der Waals surface area contributed by atoms with Crippen LogP contribution in [-0.2, 0) is 19.1 Å². The van der Waals surface area contributed by atoms with Crippen LogP contribution in [0.3, 0.4) is 0 Å². The molecule has 2 aliphatic rings. The van der Waals surface area contributed by atoms with Crippen LogP contribution < -0.4 is 14.9 Å². The molecule has 19 heteroatoms. The molecule has 0 radical (unpaired) electrons. The molecule has 19 nitrogen and oxygen atoms in total. The van der Waals surface area contributed by atoms with Crippen molar-refractivity contribution in [1.82, 2.24) is 0 Å². The highest BCUT2D eigenvalue weighted by atomic mass is 16.7. The van der Waals surface area contributed by atoms with Crippen molar-refractivity contribution in [2.75, 3.05) is 0 Å². The Hall–Kier alpha value is -4.73. The number of benzene rings is 2. The summed E-state index contributed by atoms with van der Waals surface area (Å²) in [4.78, 5) is 36.7. The Bertz CT molecular complexity index is 1720. The van der Waals surface area contributed by atoms with E-state index in [1.165, 1.54) is 0 Å². The van der Waals surface area contributed by atoms with E-state index < -0.39 is 124 Å². The smallest absolute Gasteiger partial charge is 0.335 e. The summed E-state index contributed by atoms with van der Waals surface area (Å²) in [5.74, 6) is -7.50. The highest BCUT2D eigenvalue weighted by Gasteiger charge is 2.49. The second-order valence-corrected chi connectivity index (χ2v) is 10.3. The average Bonchev–Trinajstić information content (AvgIpc) is 2.99. The van der Waals surface area contributed by atoms with E-state index in [-0.39, 0.29) is 5.56 Å². The molecule has 10 atom stereocenters. The fourth-order valence-electron chi connectivity index (χ4n) is 4.84. The number of aromatic hydroxyl groups is 3. The number of carboxylic acids is 2. The molecule has 0 amide bonds. The number of fused-ring (bicyclic) bond motifs is 1. The fourth-order valence-corrected chi connectivity index (χ4v) is 4.84. The normalized spacial score (nSPS) is 31.3. The van der Waals surface area contributed by atoms with Gasteiger partial charge in [0.05, 0.1) is 0 Å². The number of ether oxygens (including phenoxy) is 4. The van der Waals surface area contributed by atoms with Crippen LogP contribution in [0.15, 0.2) is 39.5 Å². The second-order valence-electron chi connectivity index (χ2n) is 10.3. The molecule has 3 aromatic rings. The minimum atomic E-state index is -2.13. The topological polar surface area (TPSA) is 324 Å². The van der Waals surface area contributed by atoms with Crippen LogP contribution >= 0.6 is 0 Å². The number of aliphatic carboxylic acids is 2. The van der Waals surface area contributed by atoms with Crippen LogP contribution in [-0.4, -0.2) is 130 Å². The Labute approximate surface area is 254 Å². The summed E-state index contributed by atoms with van der Waals surface area (Å²) in [5.41, 5.74) is -1.86. The maximum atomic E-state index is 13.7. The zero-order valence-electron chi connectivity index (χ0n) is 22.8. The number of aliphatic hydroxyl groups is 6. The average molecular weight is 654 g/mol. The zero-order valence-corrected chi connectivity index (χ0v) is 22.8. The lowest BCUT2D eigenvalue weighted by Gasteiger charge is -2.38. The van der Waals surface area contributed by atoms with Gasteiger partial charge in [-0.2, -0.15) is 0 Å². The van der Waals surface area contributed by atoms with Crippen LogP contribution in [0.5, 0.6) is 28.7 Å². The highest BCUT2D eigenvalue weighted by molar-refractivity contribution is 5.88. The van der Waals surface area contributed by atoms with Crippen molar-refractivity contribution < 1.29 is 89.1 Å². The minimum absolute atomic E-state index is 0.178. The van der Waals surface area contributed by atoms with Gasteiger partial charge in [0, 0.05) is 17.7 Å². The van der Waals surface area contributed by atoms with Gasteiger partial charge >= 0.3 is 11.9 Å². The number of rotatable bonds is 7. The van der Waals surface area contributed by atoms with Crippen molar-refractivity contribution in [2.24, 2.45) is 0 Å². The Morgan fingerprint density at radius 1 is 0.652 bits per heavy atom. The van der Waals surface area contributed by atoms with E-state index in [0.29, 0.717) is 0 Å². The van der Waals surface area contributed by atoms with Gasteiger partial charge < -0.3 is 79.5 Å². The number of hydrogen-bond acceptors (Lipinski definition) is 17. The number of phenolic OH excluding ortho intramolecular Hbond substituents is 3. The van der Waals surface area contributed by atoms with Crippen molar-refractivity contribution in [3.05, 3.63) is 40.6 Å². The summed E-state index contributed by atoms with van der Waals surface area (Å²) in [6, 6.07) is 4.79. The maximum Gasteiger partial charge on any atom is 0.335 e. The van der Waals surface area contributed by atoms with Gasteiger partial charge in [-0.3, -0.25) is 4.79 Å². The third-order valence-corrected chi connectivity index (χ3v) is 7.26. The highest BCUT2D eigenvalue weighted by Crippen LogP contribution is 2.40. The number of aliphatic hydroxyl groups excluding tert-OH is 6. The molecule has 0 spiro atoms. The molecule has 2 aliphatic heterocycles. The maximum absolute atomic E-state index is 13.7. The van der Waals surface area contributed by atoms with Gasteiger partial charge in [0.25, 0.3) is 0 Å². The summed E-state index contributed by atoms with van der Waals surface area (Å²) < 4.78 is 26.8. The van der Waals surface area contributed by atoms with Gasteiger partial charge in [-0.15, -0.1) is 0 Å². The van der Waals surface area contributed by atoms with Gasteiger partial charge in [-0.05, 0) is 18.2 Å². The number of carboxylic acid groups (broad SMARTS) is 2. The first-order chi connectivity index (χ1) is 21.6. The summed E-state index contributed by atoms with van der Waals surface area (Å²) in [7, 11) is 0. The molecule has 248 valence electrons. The first kappa shape index (κ1) is 32.7. The van der Waals surface area contributed by atoms with Crippen LogP contribution in [0.25, 0.3) is 22.3 Å². The summed E-state index contributed by atoms with van der Waals surface area (Å²) in [6.07, 6.45) is -20.6. The van der Waals surface area contributed by atoms with Crippen LogP contribution in [0, 0.1) is 0 Å². The molecular formula is C27H26O19. The van der Waals surface area contributed by atoms with Gasteiger partial charge in [0.15, 0.2) is 29.5 Å². The largest absolute Gasteiger partial charge is 0.507 e. The summed E-state index contributed by atoms with van der Waals surface area (Å²) in [6.45, 7) is 0. The molecule has 1 aromatic heterocycles. The lowest BCUT2D eigenvalue weighted by molar-refractivity contribution is -0.271. The number of hydrogen-bond donors (Lipinski definition) is 11. The number of carbonyl (C=O) groups is 2. The molecular weight excluding hydrogens is 628 g/mol. The lowest BCUT2D eigenvalue weighted by Crippen LogP contribution is -2.61. The molecule has 2 fully saturated rings. The van der Waals surface area contributed by atoms with Crippen LogP contribution in [0.4, 0.5) is 0 Å². The van der Waals surface area contributed by atoms with Gasteiger partial charge in [-0.25, -0.2) is 9.59 Å². The molecule has 3 heterocycles. The van der Waals surface area contributed by atoms with Gasteiger partial charge in [0.1, 0.15) is 59.1 Å². The molecule has 0 unspecified atom stereocenters. The van der Waals surface area contributed by atoms with Crippen molar-refractivity contribution >= 4 is 22.9 Å². The van der Waals surface area contributed by atoms with E-state index in [1.54, 1.807) is 0 Å². The molecule has 5 rings (SSSR count). The Balaban J connectivity index is 1.61. The molecule has 2 saturated heterocycles. The minimum Gasteiger partial charge on any atom is -0.507 e. The molecule has 2 aromatic carbocycles. The van der Waals surface area contributed by atoms with E-state index in [4.69, 9.17) is 23.4 Å². The van der Waals surface area contributed by atoms with Crippen LogP contribution in [0.2, 0.25) is 0 Å². The predicted octanol–water partition coefficient (Wildman–Crippen LogP) is -2.88. The standard InChI is InChI=1S/C27H26O19/c28-8-2-1-6(3-9(8)29)20-21(44-27-19(37)15(33)17(35)23(46-27)25(40)41)13(31)12-10(30)4-7(5-11(12)43-20)42-26-18(36)14(32)16(34)22(45-26)24(38)39/h1-5,14-19,22-23,26-30,32-37H,(H,38,39)(H,40,41)/t14-,15+,16-,17+,18+,19-,22+,23+,26+,27+/m0/s1. The zero-order chi connectivity index (χ0) is 33.8. The SMILES string of the molecule is O=C(O)[C@@H]1O[C@@H](Oc2c(-c3ccc(O)c(O)c3)oc3cc(O[C@@H]4O[C@@H](C(=O)O)[C@@H](O)[C@H](O)[C@H]4O)cc(O)c3c2=O)[C@@H](O)[C@H](O)[C@H]1O. The molecule has 46 heavy (non-hydrogen) atoms. The molecule has 11 N–H and O–H groups in total. The second kappa shape index (κ2) is 12.2. The van der Waals surface area contributed by atoms with Gasteiger partial charge in [-0.1, -0.05) is 0 Å². The summed E-state index contributed by atoms with van der Waals surface area (Å²) in [5, 5.41) is 109. The Kier molecular flexibility index (Phi) is 8.68. The molecule has 0 saturated carbocycles. The first-order valence-electron chi connectivity index (χ1n) is 13.1. The van der Waals surface area contributed by atoms with E-state index in [2.05, 4.69) is 0 Å². The molecule has 0 aliphatic carbocycles. The Morgan fingerprint density at radius 3 is 1.72 bits per heavy atom. The van der Waals surface area contributed by atoms with Crippen LogP contribution in [0.1, 0.15) is 0 Å². The van der Waals surface area contributed by atoms with E-state index >= 15 is 0 Å².